The summed E-state index contributed by atoms with van der Waals surface area (Å²) in [7, 11) is 1.58. The molecule has 0 saturated carbocycles. The summed E-state index contributed by atoms with van der Waals surface area (Å²) in [5, 5.41) is 0.607. The second-order valence-electron chi connectivity index (χ2n) is 7.10. The number of aromatic nitrogens is 2. The molecule has 162 valence electrons. The molecule has 2 aromatic carbocycles. The second-order valence-corrected chi connectivity index (χ2v) is 9.65. The van der Waals surface area contributed by atoms with Gasteiger partial charge in [-0.2, -0.15) is 0 Å². The van der Waals surface area contributed by atoms with E-state index in [2.05, 4.69) is 22.6 Å². The van der Waals surface area contributed by atoms with Crippen LogP contribution in [0, 0.1) is 3.57 Å². The Kier molecular flexibility index (Phi) is 6.83. The van der Waals surface area contributed by atoms with Crippen LogP contribution in [0.5, 0.6) is 5.75 Å². The predicted molar refractivity (Wildman–Crippen MR) is 129 cm³/mol. The zero-order valence-corrected chi connectivity index (χ0v) is 20.2. The third-order valence-electron chi connectivity index (χ3n) is 5.06. The minimum absolute atomic E-state index is 0.0162. The molecule has 0 bridgehead atoms. The van der Waals surface area contributed by atoms with Gasteiger partial charge in [0.1, 0.15) is 5.75 Å². The highest BCUT2D eigenvalue weighted by atomic mass is 127. The fourth-order valence-electron chi connectivity index (χ4n) is 3.44. The molecule has 1 saturated heterocycles. The first-order valence-corrected chi connectivity index (χ1v) is 11.8. The van der Waals surface area contributed by atoms with E-state index in [4.69, 9.17) is 14.5 Å². The summed E-state index contributed by atoms with van der Waals surface area (Å²) in [6.07, 6.45) is 0. The van der Waals surface area contributed by atoms with Crippen molar-refractivity contribution in [2.75, 3.05) is 33.4 Å². The Morgan fingerprint density at radius 1 is 1.23 bits per heavy atom. The molecule has 9 heteroatoms. The van der Waals surface area contributed by atoms with Gasteiger partial charge in [-0.3, -0.25) is 14.2 Å². The number of methoxy groups -OCH3 is 1. The first-order valence-electron chi connectivity index (χ1n) is 9.88. The topological polar surface area (TPSA) is 73.7 Å². The van der Waals surface area contributed by atoms with Crippen LogP contribution >= 0.6 is 34.4 Å². The van der Waals surface area contributed by atoms with Gasteiger partial charge in [0.05, 0.1) is 42.2 Å². The van der Waals surface area contributed by atoms with Crippen molar-refractivity contribution in [1.29, 1.82) is 0 Å². The molecule has 0 spiro atoms. The van der Waals surface area contributed by atoms with E-state index in [-0.39, 0.29) is 11.5 Å². The third kappa shape index (κ3) is 4.73. The maximum Gasteiger partial charge on any atom is 0.266 e. The average Bonchev–Trinajstić information content (AvgIpc) is 2.80. The van der Waals surface area contributed by atoms with E-state index in [0.29, 0.717) is 53.8 Å². The molecule has 1 aliphatic rings. The second kappa shape index (κ2) is 9.58. The number of fused-ring (bicyclic) bond motifs is 1. The summed E-state index contributed by atoms with van der Waals surface area (Å²) in [6.45, 7) is 4.10. The highest BCUT2D eigenvalue weighted by Crippen LogP contribution is 2.28. The SMILES string of the molecule is COc1cccc(-n2c(S[C@H](C)C(=O)N3CCOCC3)nc3ccc(I)cc3c2=O)c1. The van der Waals surface area contributed by atoms with Gasteiger partial charge in [-0.1, -0.05) is 17.8 Å². The van der Waals surface area contributed by atoms with E-state index < -0.39 is 5.25 Å². The number of thioether (sulfide) groups is 1. The zero-order valence-electron chi connectivity index (χ0n) is 17.2. The molecule has 3 aromatic rings. The number of carbonyl (C=O) groups excluding carboxylic acids is 1. The molecule has 1 aromatic heterocycles. The summed E-state index contributed by atoms with van der Waals surface area (Å²) >= 11 is 3.47. The molecule has 0 radical (unpaired) electrons. The van der Waals surface area contributed by atoms with Crippen LogP contribution in [0.3, 0.4) is 0 Å². The highest BCUT2D eigenvalue weighted by Gasteiger charge is 2.25. The molecular formula is C22H22IN3O4S. The van der Waals surface area contributed by atoms with Gasteiger partial charge in [0.15, 0.2) is 5.16 Å². The van der Waals surface area contributed by atoms with E-state index in [1.54, 1.807) is 22.6 Å². The average molecular weight is 551 g/mol. The van der Waals surface area contributed by atoms with Crippen LogP contribution in [0.1, 0.15) is 6.92 Å². The van der Waals surface area contributed by atoms with Crippen LogP contribution in [-0.4, -0.2) is 59.0 Å². The van der Waals surface area contributed by atoms with E-state index in [9.17, 15) is 9.59 Å². The number of benzene rings is 2. The number of nitrogens with zero attached hydrogens (tertiary/aromatic N) is 3. The number of carbonyl (C=O) groups is 1. The Bertz CT molecular complexity index is 1180. The monoisotopic (exact) mass is 551 g/mol. The summed E-state index contributed by atoms with van der Waals surface area (Å²) < 4.78 is 13.2. The first kappa shape index (κ1) is 22.1. The Balaban J connectivity index is 1.80. The summed E-state index contributed by atoms with van der Waals surface area (Å²) in [5.74, 6) is 0.656. The Labute approximate surface area is 197 Å². The largest absolute Gasteiger partial charge is 0.497 e. The van der Waals surface area contributed by atoms with Crippen molar-refractivity contribution in [3.8, 4) is 11.4 Å². The number of morpholine rings is 1. The van der Waals surface area contributed by atoms with Crippen LogP contribution < -0.4 is 10.3 Å². The minimum atomic E-state index is -0.400. The van der Waals surface area contributed by atoms with Crippen LogP contribution in [-0.2, 0) is 9.53 Å². The van der Waals surface area contributed by atoms with Gasteiger partial charge in [0, 0.05) is 22.7 Å². The number of hydrogen-bond acceptors (Lipinski definition) is 6. The molecule has 1 atom stereocenters. The number of halogens is 1. The quantitative estimate of drug-likeness (QED) is 0.275. The van der Waals surface area contributed by atoms with Crippen molar-refractivity contribution >= 4 is 51.2 Å². The maximum atomic E-state index is 13.5. The molecule has 0 N–H and O–H groups in total. The normalized spacial score (nSPS) is 15.1. The Morgan fingerprint density at radius 2 is 2.00 bits per heavy atom. The van der Waals surface area contributed by atoms with Crippen LogP contribution in [0.15, 0.2) is 52.4 Å². The molecule has 0 unspecified atom stereocenters. The first-order chi connectivity index (χ1) is 15.0. The highest BCUT2D eigenvalue weighted by molar-refractivity contribution is 14.1. The van der Waals surface area contributed by atoms with E-state index in [0.717, 1.165) is 3.57 Å². The number of ether oxygens (including phenoxy) is 2. The van der Waals surface area contributed by atoms with Crippen molar-refractivity contribution in [2.24, 2.45) is 0 Å². The molecule has 31 heavy (non-hydrogen) atoms. The van der Waals surface area contributed by atoms with Crippen molar-refractivity contribution < 1.29 is 14.3 Å². The molecule has 2 heterocycles. The van der Waals surface area contributed by atoms with Crippen molar-refractivity contribution in [2.45, 2.75) is 17.3 Å². The van der Waals surface area contributed by atoms with Gasteiger partial charge >= 0.3 is 0 Å². The molecule has 0 aliphatic carbocycles. The number of hydrogen-bond donors (Lipinski definition) is 0. The van der Waals surface area contributed by atoms with Crippen molar-refractivity contribution in [3.63, 3.8) is 0 Å². The molecule has 1 aliphatic heterocycles. The lowest BCUT2D eigenvalue weighted by Gasteiger charge is -2.29. The lowest BCUT2D eigenvalue weighted by atomic mass is 10.2. The van der Waals surface area contributed by atoms with Gasteiger partial charge in [-0.25, -0.2) is 4.98 Å². The van der Waals surface area contributed by atoms with Gasteiger partial charge in [-0.15, -0.1) is 0 Å². The van der Waals surface area contributed by atoms with Gasteiger partial charge in [0.25, 0.3) is 5.56 Å². The summed E-state index contributed by atoms with van der Waals surface area (Å²) in [4.78, 5) is 33.0. The standard InChI is InChI=1S/C22H22IN3O4S/c1-14(20(27)25-8-10-30-11-9-25)31-22-24-19-7-6-15(23)12-18(19)21(28)26(22)16-4-3-5-17(13-16)29-2/h3-7,12-14H,8-11H2,1-2H3/t14-/m1/s1. The molecule has 4 rings (SSSR count). The maximum absolute atomic E-state index is 13.5. The molecule has 1 fully saturated rings. The lowest BCUT2D eigenvalue weighted by Crippen LogP contribution is -2.44. The van der Waals surface area contributed by atoms with Crippen LogP contribution in [0.4, 0.5) is 0 Å². The van der Waals surface area contributed by atoms with Crippen LogP contribution in [0.25, 0.3) is 16.6 Å². The predicted octanol–water partition coefficient (Wildman–Crippen LogP) is 3.34. The van der Waals surface area contributed by atoms with E-state index in [1.807, 2.05) is 43.3 Å². The zero-order chi connectivity index (χ0) is 22.0. The fraction of sp³-hybridized carbons (Fsp3) is 0.318. The lowest BCUT2D eigenvalue weighted by molar-refractivity contribution is -0.134. The van der Waals surface area contributed by atoms with E-state index >= 15 is 0 Å². The molecular weight excluding hydrogens is 529 g/mol. The number of amides is 1. The van der Waals surface area contributed by atoms with Crippen LogP contribution in [0.2, 0.25) is 0 Å². The van der Waals surface area contributed by atoms with Crippen molar-refractivity contribution in [3.05, 3.63) is 56.4 Å². The molecule has 7 nitrogen and oxygen atoms in total. The smallest absolute Gasteiger partial charge is 0.266 e. The minimum Gasteiger partial charge on any atom is -0.497 e. The number of rotatable bonds is 5. The summed E-state index contributed by atoms with van der Waals surface area (Å²) in [5.41, 5.74) is 1.08. The van der Waals surface area contributed by atoms with Gasteiger partial charge in [0.2, 0.25) is 5.91 Å². The summed E-state index contributed by atoms with van der Waals surface area (Å²) in [6, 6.07) is 12.9. The van der Waals surface area contributed by atoms with Gasteiger partial charge in [-0.05, 0) is 59.8 Å². The van der Waals surface area contributed by atoms with E-state index in [1.165, 1.54) is 11.8 Å². The third-order valence-corrected chi connectivity index (χ3v) is 6.77. The fourth-order valence-corrected chi connectivity index (χ4v) is 4.95. The van der Waals surface area contributed by atoms with Gasteiger partial charge < -0.3 is 14.4 Å². The molecule has 1 amide bonds. The Hall–Kier alpha value is -2.11. The Morgan fingerprint density at radius 3 is 2.74 bits per heavy atom. The van der Waals surface area contributed by atoms with Crippen molar-refractivity contribution in [1.82, 2.24) is 14.5 Å².